The maximum Gasteiger partial charge on any atom is 0.222 e. The van der Waals surface area contributed by atoms with Gasteiger partial charge in [0, 0.05) is 42.9 Å². The van der Waals surface area contributed by atoms with Gasteiger partial charge in [-0.2, -0.15) is 0 Å². The van der Waals surface area contributed by atoms with Gasteiger partial charge in [0.2, 0.25) is 5.91 Å². The molecule has 4 rings (SSSR count). The smallest absolute Gasteiger partial charge is 0.222 e. The molecule has 3 aromatic rings. The lowest BCUT2D eigenvalue weighted by Crippen LogP contribution is -2.39. The van der Waals surface area contributed by atoms with Crippen LogP contribution in [0.15, 0.2) is 72.9 Å². The van der Waals surface area contributed by atoms with Gasteiger partial charge in [0.1, 0.15) is 0 Å². The Morgan fingerprint density at radius 3 is 2.54 bits per heavy atom. The largest absolute Gasteiger partial charge is 0.342 e. The summed E-state index contributed by atoms with van der Waals surface area (Å²) in [6.45, 7) is 1.60. The first-order valence-corrected chi connectivity index (χ1v) is 9.99. The lowest BCUT2D eigenvalue weighted by Gasteiger charge is -2.32. The summed E-state index contributed by atoms with van der Waals surface area (Å²) in [7, 11) is 0. The van der Waals surface area contributed by atoms with Gasteiger partial charge in [0.15, 0.2) is 5.82 Å². The molecular formula is C24H25N3O. The maximum atomic E-state index is 12.7. The van der Waals surface area contributed by atoms with Gasteiger partial charge in [-0.05, 0) is 30.9 Å². The summed E-state index contributed by atoms with van der Waals surface area (Å²) in [5.41, 5.74) is 3.28. The monoisotopic (exact) mass is 371 g/mol. The van der Waals surface area contributed by atoms with Crippen molar-refractivity contribution in [2.75, 3.05) is 13.1 Å². The van der Waals surface area contributed by atoms with E-state index in [9.17, 15) is 4.79 Å². The summed E-state index contributed by atoms with van der Waals surface area (Å²) >= 11 is 0. The number of aromatic nitrogens is 2. The van der Waals surface area contributed by atoms with E-state index in [0.29, 0.717) is 6.42 Å². The molecule has 1 saturated heterocycles. The molecule has 0 spiro atoms. The van der Waals surface area contributed by atoms with E-state index in [0.717, 1.165) is 49.4 Å². The molecule has 0 radical (unpaired) electrons. The summed E-state index contributed by atoms with van der Waals surface area (Å²) in [5.74, 6) is 1.27. The molecule has 1 atom stereocenters. The molecule has 1 aliphatic heterocycles. The van der Waals surface area contributed by atoms with Crippen LogP contribution in [0.25, 0.3) is 11.4 Å². The minimum atomic E-state index is 0.242. The van der Waals surface area contributed by atoms with Crippen molar-refractivity contribution < 1.29 is 4.79 Å². The van der Waals surface area contributed by atoms with Crippen molar-refractivity contribution in [3.8, 4) is 11.4 Å². The van der Waals surface area contributed by atoms with Crippen molar-refractivity contribution in [3.63, 3.8) is 0 Å². The molecule has 1 aromatic heterocycles. The predicted molar refractivity (Wildman–Crippen MR) is 111 cm³/mol. The first-order valence-electron chi connectivity index (χ1n) is 9.99. The van der Waals surface area contributed by atoms with Crippen molar-refractivity contribution in [3.05, 3.63) is 84.2 Å². The fraction of sp³-hybridized carbons (Fsp3) is 0.292. The van der Waals surface area contributed by atoms with E-state index in [2.05, 4.69) is 17.1 Å². The number of rotatable bonds is 5. The average molecular weight is 371 g/mol. The third-order valence-electron chi connectivity index (χ3n) is 5.37. The number of amides is 1. The van der Waals surface area contributed by atoms with Crippen LogP contribution in [-0.4, -0.2) is 33.9 Å². The maximum absolute atomic E-state index is 12.7. The van der Waals surface area contributed by atoms with Crippen molar-refractivity contribution in [1.82, 2.24) is 14.9 Å². The van der Waals surface area contributed by atoms with Crippen LogP contribution in [0, 0.1) is 0 Å². The van der Waals surface area contributed by atoms with E-state index >= 15 is 0 Å². The summed E-state index contributed by atoms with van der Waals surface area (Å²) in [4.78, 5) is 24.0. The molecule has 4 nitrogen and oxygen atoms in total. The molecular weight excluding hydrogens is 346 g/mol. The zero-order valence-corrected chi connectivity index (χ0v) is 16.0. The lowest BCUT2D eigenvalue weighted by molar-refractivity contribution is -0.132. The van der Waals surface area contributed by atoms with Crippen LogP contribution in [0.4, 0.5) is 0 Å². The van der Waals surface area contributed by atoms with Gasteiger partial charge in [0.05, 0.1) is 0 Å². The van der Waals surface area contributed by atoms with Gasteiger partial charge in [-0.3, -0.25) is 4.79 Å². The minimum absolute atomic E-state index is 0.242. The molecule has 28 heavy (non-hydrogen) atoms. The Morgan fingerprint density at radius 2 is 1.75 bits per heavy atom. The summed E-state index contributed by atoms with van der Waals surface area (Å²) in [5, 5.41) is 0. The van der Waals surface area contributed by atoms with E-state index in [-0.39, 0.29) is 11.8 Å². The third-order valence-corrected chi connectivity index (χ3v) is 5.37. The average Bonchev–Trinajstić information content (AvgIpc) is 2.79. The molecule has 0 bridgehead atoms. The molecule has 0 N–H and O–H groups in total. The Morgan fingerprint density at radius 1 is 1.00 bits per heavy atom. The van der Waals surface area contributed by atoms with Crippen molar-refractivity contribution in [2.24, 2.45) is 0 Å². The van der Waals surface area contributed by atoms with Crippen LogP contribution in [0.1, 0.15) is 36.4 Å². The number of carbonyl (C=O) groups excluding carboxylic acids is 1. The Bertz CT molecular complexity index is 911. The van der Waals surface area contributed by atoms with Crippen LogP contribution in [-0.2, 0) is 11.2 Å². The highest BCUT2D eigenvalue weighted by atomic mass is 16.2. The van der Waals surface area contributed by atoms with Gasteiger partial charge in [-0.15, -0.1) is 0 Å². The van der Waals surface area contributed by atoms with E-state index < -0.39 is 0 Å². The zero-order valence-electron chi connectivity index (χ0n) is 16.0. The Labute approximate surface area is 166 Å². The summed E-state index contributed by atoms with van der Waals surface area (Å²) < 4.78 is 0. The van der Waals surface area contributed by atoms with E-state index in [1.165, 1.54) is 5.56 Å². The number of carbonyl (C=O) groups is 1. The van der Waals surface area contributed by atoms with Crippen LogP contribution in [0.2, 0.25) is 0 Å². The van der Waals surface area contributed by atoms with E-state index in [1.54, 1.807) is 0 Å². The Balaban J connectivity index is 1.42. The quantitative estimate of drug-likeness (QED) is 0.664. The Kier molecular flexibility index (Phi) is 5.76. The number of piperidine rings is 1. The number of hydrogen-bond donors (Lipinski definition) is 0. The highest BCUT2D eigenvalue weighted by Gasteiger charge is 2.25. The molecule has 2 aromatic carbocycles. The topological polar surface area (TPSA) is 46.1 Å². The molecule has 0 aliphatic carbocycles. The van der Waals surface area contributed by atoms with Crippen LogP contribution < -0.4 is 0 Å². The second-order valence-corrected chi connectivity index (χ2v) is 7.34. The summed E-state index contributed by atoms with van der Waals surface area (Å²) in [6, 6.07) is 22.3. The molecule has 1 aliphatic rings. The third kappa shape index (κ3) is 4.45. The zero-order chi connectivity index (χ0) is 19.2. The van der Waals surface area contributed by atoms with E-state index in [4.69, 9.17) is 4.98 Å². The van der Waals surface area contributed by atoms with Crippen LogP contribution >= 0.6 is 0 Å². The van der Waals surface area contributed by atoms with Crippen LogP contribution in [0.5, 0.6) is 0 Å². The second-order valence-electron chi connectivity index (χ2n) is 7.34. The number of hydrogen-bond acceptors (Lipinski definition) is 3. The molecule has 0 saturated carbocycles. The van der Waals surface area contributed by atoms with Gasteiger partial charge in [-0.1, -0.05) is 60.7 Å². The second kappa shape index (κ2) is 8.79. The first kappa shape index (κ1) is 18.4. The predicted octanol–water partition coefficient (Wildman–Crippen LogP) is 4.48. The number of nitrogens with zero attached hydrogens (tertiary/aromatic N) is 3. The molecule has 4 heteroatoms. The number of benzene rings is 2. The fourth-order valence-corrected chi connectivity index (χ4v) is 3.83. The highest BCUT2D eigenvalue weighted by Crippen LogP contribution is 2.27. The number of aryl methyl sites for hydroxylation is 1. The van der Waals surface area contributed by atoms with Crippen molar-refractivity contribution >= 4 is 5.91 Å². The molecule has 142 valence electrons. The van der Waals surface area contributed by atoms with Crippen molar-refractivity contribution in [2.45, 2.75) is 31.6 Å². The lowest BCUT2D eigenvalue weighted by atomic mass is 9.94. The van der Waals surface area contributed by atoms with Gasteiger partial charge >= 0.3 is 0 Å². The highest BCUT2D eigenvalue weighted by molar-refractivity contribution is 5.76. The number of likely N-dealkylation sites (tertiary alicyclic amines) is 1. The van der Waals surface area contributed by atoms with Crippen LogP contribution in [0.3, 0.4) is 0 Å². The molecule has 1 amide bonds. The van der Waals surface area contributed by atoms with Gasteiger partial charge < -0.3 is 4.90 Å². The SMILES string of the molecule is O=C(CCc1ccccc1)N1CCC[C@H](c2ccnc(-c3ccccc3)n2)C1. The van der Waals surface area contributed by atoms with Gasteiger partial charge in [0.25, 0.3) is 0 Å². The van der Waals surface area contributed by atoms with Gasteiger partial charge in [-0.25, -0.2) is 9.97 Å². The summed E-state index contributed by atoms with van der Waals surface area (Å²) in [6.07, 6.45) is 5.28. The Hall–Kier alpha value is -3.01. The minimum Gasteiger partial charge on any atom is -0.342 e. The molecule has 0 unspecified atom stereocenters. The standard InChI is InChI=1S/C24H25N3O/c28-23(14-13-19-8-3-1-4-9-19)27-17-7-12-21(18-27)22-15-16-25-24(26-22)20-10-5-2-6-11-20/h1-6,8-11,15-16,21H,7,12-14,17-18H2/t21-/m0/s1. The first-order chi connectivity index (χ1) is 13.8. The molecule has 2 heterocycles. The van der Waals surface area contributed by atoms with E-state index in [1.807, 2.05) is 65.7 Å². The van der Waals surface area contributed by atoms with Crippen molar-refractivity contribution in [1.29, 1.82) is 0 Å². The molecule has 1 fully saturated rings. The normalized spacial score (nSPS) is 16.7. The fourth-order valence-electron chi connectivity index (χ4n) is 3.83.